The van der Waals surface area contributed by atoms with Gasteiger partial charge in [0.15, 0.2) is 5.96 Å². The number of guanidine groups is 1. The lowest BCUT2D eigenvalue weighted by Crippen LogP contribution is -2.44. The van der Waals surface area contributed by atoms with Crippen molar-refractivity contribution in [3.63, 3.8) is 0 Å². The molecule has 0 aliphatic carbocycles. The van der Waals surface area contributed by atoms with E-state index in [1.54, 1.807) is 0 Å². The number of fused-ring (bicyclic) bond motifs is 1. The monoisotopic (exact) mass is 313 g/mol. The zero-order chi connectivity index (χ0) is 16.2. The summed E-state index contributed by atoms with van der Waals surface area (Å²) in [6.45, 7) is 3.57. The zero-order valence-electron chi connectivity index (χ0n) is 13.7. The number of nitrogens with two attached hydrogens (primary N) is 1. The van der Waals surface area contributed by atoms with E-state index in [4.69, 9.17) is 10.5 Å². The summed E-state index contributed by atoms with van der Waals surface area (Å²) < 4.78 is 5.35. The standard InChI is InChI=1S/C17H23N5O/c1-21(2)16-11-13(14-5-3-4-6-15(14)20-16)12-19-17(18)22-7-9-23-10-8-22/h3-6,11H,7-10,12H2,1-2H3,(H2,18,19). The Bertz CT molecular complexity index is 707. The largest absolute Gasteiger partial charge is 0.378 e. The Labute approximate surface area is 136 Å². The van der Waals surface area contributed by atoms with Crippen LogP contribution in [0.3, 0.4) is 0 Å². The minimum Gasteiger partial charge on any atom is -0.378 e. The highest BCUT2D eigenvalue weighted by Gasteiger charge is 2.12. The van der Waals surface area contributed by atoms with Gasteiger partial charge in [-0.3, -0.25) is 0 Å². The fraction of sp³-hybridized carbons (Fsp3) is 0.412. The molecule has 0 atom stereocenters. The van der Waals surface area contributed by atoms with Crippen molar-refractivity contribution in [3.8, 4) is 0 Å². The number of hydrogen-bond donors (Lipinski definition) is 1. The van der Waals surface area contributed by atoms with Gasteiger partial charge in [0.05, 0.1) is 25.3 Å². The SMILES string of the molecule is CN(C)c1cc(CN=C(N)N2CCOCC2)c2ccccc2n1. The highest BCUT2D eigenvalue weighted by Crippen LogP contribution is 2.22. The quantitative estimate of drug-likeness (QED) is 0.686. The molecule has 1 fully saturated rings. The number of ether oxygens (including phenoxy) is 1. The fourth-order valence-electron chi connectivity index (χ4n) is 2.65. The molecule has 3 rings (SSSR count). The van der Waals surface area contributed by atoms with Gasteiger partial charge in [-0.1, -0.05) is 18.2 Å². The number of aromatic nitrogens is 1. The number of pyridine rings is 1. The van der Waals surface area contributed by atoms with Crippen LogP contribution in [0.15, 0.2) is 35.3 Å². The molecule has 0 radical (unpaired) electrons. The van der Waals surface area contributed by atoms with Gasteiger partial charge in [-0.2, -0.15) is 0 Å². The molecule has 0 bridgehead atoms. The predicted molar refractivity (Wildman–Crippen MR) is 93.8 cm³/mol. The van der Waals surface area contributed by atoms with Crippen molar-refractivity contribution < 1.29 is 4.74 Å². The molecule has 2 aromatic rings. The Morgan fingerprint density at radius 3 is 2.78 bits per heavy atom. The number of hydrogen-bond acceptors (Lipinski definition) is 4. The van der Waals surface area contributed by atoms with E-state index in [2.05, 4.69) is 27.0 Å². The van der Waals surface area contributed by atoms with Crippen LogP contribution in [0.2, 0.25) is 0 Å². The predicted octanol–water partition coefficient (Wildman–Crippen LogP) is 1.45. The Balaban J connectivity index is 1.89. The van der Waals surface area contributed by atoms with Crippen LogP contribution in [0.1, 0.15) is 5.56 Å². The van der Waals surface area contributed by atoms with E-state index < -0.39 is 0 Å². The molecule has 1 aromatic carbocycles. The molecule has 1 aromatic heterocycles. The molecule has 0 spiro atoms. The van der Waals surface area contributed by atoms with Crippen molar-refractivity contribution >= 4 is 22.7 Å². The van der Waals surface area contributed by atoms with Gasteiger partial charge in [0.2, 0.25) is 0 Å². The van der Waals surface area contributed by atoms with Crippen molar-refractivity contribution in [3.05, 3.63) is 35.9 Å². The second kappa shape index (κ2) is 6.83. The average Bonchev–Trinajstić information content (AvgIpc) is 2.59. The van der Waals surface area contributed by atoms with Gasteiger partial charge in [0.25, 0.3) is 0 Å². The fourth-order valence-corrected chi connectivity index (χ4v) is 2.65. The van der Waals surface area contributed by atoms with Crippen molar-refractivity contribution in [2.45, 2.75) is 6.54 Å². The molecule has 6 nitrogen and oxygen atoms in total. The number of nitrogens with zero attached hydrogens (tertiary/aromatic N) is 4. The third kappa shape index (κ3) is 3.53. The van der Waals surface area contributed by atoms with Crippen molar-refractivity contribution in [2.75, 3.05) is 45.3 Å². The van der Waals surface area contributed by atoms with Gasteiger partial charge in [-0.25, -0.2) is 9.98 Å². The second-order valence-corrected chi connectivity index (χ2v) is 5.83. The number of anilines is 1. The highest BCUT2D eigenvalue weighted by atomic mass is 16.5. The lowest BCUT2D eigenvalue weighted by atomic mass is 10.1. The molecule has 122 valence electrons. The van der Waals surface area contributed by atoms with Crippen LogP contribution in [-0.2, 0) is 11.3 Å². The van der Waals surface area contributed by atoms with Crippen molar-refractivity contribution in [1.82, 2.24) is 9.88 Å². The van der Waals surface area contributed by atoms with E-state index in [0.717, 1.165) is 35.4 Å². The third-order valence-electron chi connectivity index (χ3n) is 3.99. The molecule has 1 aliphatic heterocycles. The maximum absolute atomic E-state index is 6.13. The number of para-hydroxylation sites is 1. The molecular weight excluding hydrogens is 290 g/mol. The summed E-state index contributed by atoms with van der Waals surface area (Å²) in [6, 6.07) is 10.2. The number of rotatable bonds is 3. The maximum atomic E-state index is 6.13. The van der Waals surface area contributed by atoms with Crippen LogP contribution in [0.25, 0.3) is 10.9 Å². The molecular formula is C17H23N5O. The zero-order valence-corrected chi connectivity index (χ0v) is 13.7. The molecule has 1 saturated heterocycles. The van der Waals surface area contributed by atoms with E-state index in [0.29, 0.717) is 25.7 Å². The van der Waals surface area contributed by atoms with Crippen molar-refractivity contribution in [2.24, 2.45) is 10.7 Å². The first-order chi connectivity index (χ1) is 11.1. The van der Waals surface area contributed by atoms with Crippen LogP contribution in [0.5, 0.6) is 0 Å². The summed E-state index contributed by atoms with van der Waals surface area (Å²) in [6.07, 6.45) is 0. The molecule has 2 heterocycles. The normalized spacial score (nSPS) is 15.9. The Morgan fingerprint density at radius 2 is 2.04 bits per heavy atom. The lowest BCUT2D eigenvalue weighted by Gasteiger charge is -2.27. The summed E-state index contributed by atoms with van der Waals surface area (Å²) in [5.41, 5.74) is 8.25. The number of benzene rings is 1. The van der Waals surface area contributed by atoms with Gasteiger partial charge in [0, 0.05) is 32.6 Å². The summed E-state index contributed by atoms with van der Waals surface area (Å²) in [4.78, 5) is 13.3. The van der Waals surface area contributed by atoms with Crippen molar-refractivity contribution in [1.29, 1.82) is 0 Å². The summed E-state index contributed by atoms with van der Waals surface area (Å²) in [7, 11) is 3.98. The first kappa shape index (κ1) is 15.6. The van der Waals surface area contributed by atoms with Gasteiger partial charge in [-0.05, 0) is 17.7 Å². The van der Waals surface area contributed by atoms with E-state index in [-0.39, 0.29) is 0 Å². The van der Waals surface area contributed by atoms with E-state index in [9.17, 15) is 0 Å². The first-order valence-electron chi connectivity index (χ1n) is 7.84. The number of aliphatic imine (C=N–C) groups is 1. The third-order valence-corrected chi connectivity index (χ3v) is 3.99. The van der Waals surface area contributed by atoms with E-state index in [1.807, 2.05) is 37.2 Å². The van der Waals surface area contributed by atoms with Crippen LogP contribution in [0, 0.1) is 0 Å². The van der Waals surface area contributed by atoms with Gasteiger partial charge in [0.1, 0.15) is 5.82 Å². The molecule has 6 heteroatoms. The summed E-state index contributed by atoms with van der Waals surface area (Å²) in [5, 5.41) is 1.12. The molecule has 2 N–H and O–H groups in total. The first-order valence-corrected chi connectivity index (χ1v) is 7.84. The van der Waals surface area contributed by atoms with E-state index in [1.165, 1.54) is 0 Å². The van der Waals surface area contributed by atoms with Crippen LogP contribution >= 0.6 is 0 Å². The molecule has 0 unspecified atom stereocenters. The smallest absolute Gasteiger partial charge is 0.191 e. The highest BCUT2D eigenvalue weighted by molar-refractivity contribution is 5.84. The van der Waals surface area contributed by atoms with Crippen LogP contribution < -0.4 is 10.6 Å². The minimum absolute atomic E-state index is 0.549. The Morgan fingerprint density at radius 1 is 1.30 bits per heavy atom. The molecule has 1 aliphatic rings. The number of morpholine rings is 1. The maximum Gasteiger partial charge on any atom is 0.191 e. The lowest BCUT2D eigenvalue weighted by molar-refractivity contribution is 0.0674. The Hall–Kier alpha value is -2.34. The van der Waals surface area contributed by atoms with Gasteiger partial charge in [-0.15, -0.1) is 0 Å². The molecule has 23 heavy (non-hydrogen) atoms. The van der Waals surface area contributed by atoms with E-state index >= 15 is 0 Å². The topological polar surface area (TPSA) is 67.0 Å². The Kier molecular flexibility index (Phi) is 4.62. The molecule has 0 amide bonds. The molecule has 0 saturated carbocycles. The van der Waals surface area contributed by atoms with Crippen LogP contribution in [0.4, 0.5) is 5.82 Å². The van der Waals surface area contributed by atoms with Gasteiger partial charge < -0.3 is 20.3 Å². The summed E-state index contributed by atoms with van der Waals surface area (Å²) in [5.74, 6) is 1.51. The second-order valence-electron chi connectivity index (χ2n) is 5.83. The minimum atomic E-state index is 0.549. The average molecular weight is 313 g/mol. The van der Waals surface area contributed by atoms with Crippen LogP contribution in [-0.4, -0.2) is 56.2 Å². The van der Waals surface area contributed by atoms with Gasteiger partial charge >= 0.3 is 0 Å². The summed E-state index contributed by atoms with van der Waals surface area (Å²) >= 11 is 0.